The Bertz CT molecular complexity index is 798. The highest BCUT2D eigenvalue weighted by atomic mass is 32.1. The lowest BCUT2D eigenvalue weighted by molar-refractivity contribution is 0.102. The number of hydrogen-bond acceptors (Lipinski definition) is 5. The van der Waals surface area contributed by atoms with Crippen LogP contribution in [0.3, 0.4) is 0 Å². The van der Waals surface area contributed by atoms with Crippen LogP contribution in [0.4, 0.5) is 17.1 Å². The van der Waals surface area contributed by atoms with E-state index in [4.69, 9.17) is 11.5 Å². The Hall–Kier alpha value is -2.86. The largest absolute Gasteiger partial charge is 0.399 e. The first kappa shape index (κ1) is 14.1. The summed E-state index contributed by atoms with van der Waals surface area (Å²) in [6.07, 6.45) is 1.74. The first-order valence-corrected chi connectivity index (χ1v) is 7.48. The van der Waals surface area contributed by atoms with Gasteiger partial charge in [0.05, 0.1) is 11.4 Å². The van der Waals surface area contributed by atoms with Gasteiger partial charge in [-0.25, -0.2) is 4.98 Å². The van der Waals surface area contributed by atoms with Gasteiger partial charge in [-0.05, 0) is 42.5 Å². The van der Waals surface area contributed by atoms with E-state index in [0.29, 0.717) is 22.6 Å². The Balaban J connectivity index is 1.81. The average molecular weight is 310 g/mol. The Morgan fingerprint density at radius 2 is 1.86 bits per heavy atom. The van der Waals surface area contributed by atoms with Crippen molar-refractivity contribution in [3.63, 3.8) is 0 Å². The van der Waals surface area contributed by atoms with Gasteiger partial charge in [0, 0.05) is 28.4 Å². The van der Waals surface area contributed by atoms with Crippen LogP contribution in [0.5, 0.6) is 0 Å². The maximum Gasteiger partial charge on any atom is 0.255 e. The lowest BCUT2D eigenvalue weighted by Crippen LogP contribution is -2.13. The van der Waals surface area contributed by atoms with E-state index in [1.54, 1.807) is 42.6 Å². The van der Waals surface area contributed by atoms with E-state index in [1.165, 1.54) is 11.3 Å². The lowest BCUT2D eigenvalue weighted by Gasteiger charge is -2.09. The van der Waals surface area contributed by atoms with Crippen LogP contribution in [0.15, 0.2) is 54.0 Å². The summed E-state index contributed by atoms with van der Waals surface area (Å²) in [5.74, 6) is -0.228. The monoisotopic (exact) mass is 310 g/mol. The SMILES string of the molecule is Nc1ccc(C(=O)Nc2ccc(-c3nccs3)cc2N)cc1. The highest BCUT2D eigenvalue weighted by Gasteiger charge is 2.09. The molecule has 0 aliphatic carbocycles. The second-order valence-corrected chi connectivity index (χ2v) is 5.61. The molecule has 0 saturated carbocycles. The van der Waals surface area contributed by atoms with Gasteiger partial charge in [-0.2, -0.15) is 0 Å². The number of carbonyl (C=O) groups excluding carboxylic acids is 1. The summed E-state index contributed by atoms with van der Waals surface area (Å²) in [4.78, 5) is 16.4. The summed E-state index contributed by atoms with van der Waals surface area (Å²) >= 11 is 1.54. The van der Waals surface area contributed by atoms with Gasteiger partial charge in [-0.15, -0.1) is 11.3 Å². The minimum absolute atomic E-state index is 0.228. The molecule has 0 atom stereocenters. The van der Waals surface area contributed by atoms with Crippen molar-refractivity contribution in [2.45, 2.75) is 0 Å². The molecule has 0 aliphatic rings. The molecule has 110 valence electrons. The molecule has 1 aromatic heterocycles. The van der Waals surface area contributed by atoms with Crippen LogP contribution in [0.2, 0.25) is 0 Å². The molecule has 0 radical (unpaired) electrons. The molecule has 0 spiro atoms. The molecule has 2 aromatic carbocycles. The molecule has 0 saturated heterocycles. The number of amides is 1. The van der Waals surface area contributed by atoms with E-state index < -0.39 is 0 Å². The summed E-state index contributed by atoms with van der Waals surface area (Å²) in [7, 11) is 0. The second-order valence-electron chi connectivity index (χ2n) is 4.72. The highest BCUT2D eigenvalue weighted by Crippen LogP contribution is 2.28. The van der Waals surface area contributed by atoms with E-state index in [-0.39, 0.29) is 5.91 Å². The number of anilines is 3. The molecule has 5 N–H and O–H groups in total. The Morgan fingerprint density at radius 3 is 2.50 bits per heavy atom. The van der Waals surface area contributed by atoms with Crippen molar-refractivity contribution in [3.05, 3.63) is 59.6 Å². The van der Waals surface area contributed by atoms with Crippen LogP contribution in [-0.4, -0.2) is 10.9 Å². The summed E-state index contributed by atoms with van der Waals surface area (Å²) in [5, 5.41) is 5.59. The van der Waals surface area contributed by atoms with Gasteiger partial charge in [0.25, 0.3) is 5.91 Å². The molecule has 1 amide bonds. The number of aromatic nitrogens is 1. The summed E-state index contributed by atoms with van der Waals surface area (Å²) in [5.41, 5.74) is 14.8. The molecule has 0 aliphatic heterocycles. The summed E-state index contributed by atoms with van der Waals surface area (Å²) in [6, 6.07) is 12.2. The predicted molar refractivity (Wildman–Crippen MR) is 90.8 cm³/mol. The standard InChI is InChI=1S/C16H14N4OS/c17-12-4-1-10(2-5-12)15(21)20-14-6-3-11(9-13(14)18)16-19-7-8-22-16/h1-9H,17-18H2,(H,20,21). The fourth-order valence-corrected chi connectivity index (χ4v) is 2.64. The highest BCUT2D eigenvalue weighted by molar-refractivity contribution is 7.13. The van der Waals surface area contributed by atoms with Crippen molar-refractivity contribution in [1.82, 2.24) is 4.98 Å². The number of nitrogen functional groups attached to an aromatic ring is 2. The van der Waals surface area contributed by atoms with E-state index >= 15 is 0 Å². The molecule has 5 nitrogen and oxygen atoms in total. The van der Waals surface area contributed by atoms with Crippen molar-refractivity contribution in [2.75, 3.05) is 16.8 Å². The average Bonchev–Trinajstić information content (AvgIpc) is 3.04. The van der Waals surface area contributed by atoms with Gasteiger partial charge in [0.2, 0.25) is 0 Å². The van der Waals surface area contributed by atoms with Crippen LogP contribution in [0.1, 0.15) is 10.4 Å². The smallest absolute Gasteiger partial charge is 0.255 e. The quantitative estimate of drug-likeness (QED) is 0.647. The fourth-order valence-electron chi connectivity index (χ4n) is 2.00. The van der Waals surface area contributed by atoms with E-state index in [2.05, 4.69) is 10.3 Å². The van der Waals surface area contributed by atoms with Crippen LogP contribution in [-0.2, 0) is 0 Å². The van der Waals surface area contributed by atoms with Crippen LogP contribution in [0, 0.1) is 0 Å². The van der Waals surface area contributed by atoms with Gasteiger partial charge in [-0.3, -0.25) is 4.79 Å². The first-order valence-electron chi connectivity index (χ1n) is 6.60. The minimum atomic E-state index is -0.228. The van der Waals surface area contributed by atoms with Gasteiger partial charge in [0.15, 0.2) is 0 Å². The third-order valence-electron chi connectivity index (χ3n) is 3.15. The molecule has 0 fully saturated rings. The van der Waals surface area contributed by atoms with Gasteiger partial charge >= 0.3 is 0 Å². The zero-order valence-electron chi connectivity index (χ0n) is 11.6. The van der Waals surface area contributed by atoms with Crippen molar-refractivity contribution >= 4 is 34.3 Å². The zero-order chi connectivity index (χ0) is 15.5. The Morgan fingerprint density at radius 1 is 1.09 bits per heavy atom. The fraction of sp³-hybridized carbons (Fsp3) is 0. The van der Waals surface area contributed by atoms with Crippen molar-refractivity contribution in [1.29, 1.82) is 0 Å². The van der Waals surface area contributed by atoms with Crippen LogP contribution >= 0.6 is 11.3 Å². The van der Waals surface area contributed by atoms with Gasteiger partial charge in [-0.1, -0.05) is 0 Å². The maximum absolute atomic E-state index is 12.2. The first-order chi connectivity index (χ1) is 10.6. The Labute approximate surface area is 131 Å². The summed E-state index contributed by atoms with van der Waals surface area (Å²) < 4.78 is 0. The lowest BCUT2D eigenvalue weighted by atomic mass is 10.1. The Kier molecular flexibility index (Phi) is 3.76. The molecule has 3 rings (SSSR count). The molecule has 6 heteroatoms. The van der Waals surface area contributed by atoms with Crippen molar-refractivity contribution in [3.8, 4) is 10.6 Å². The number of nitrogens with zero attached hydrogens (tertiary/aromatic N) is 1. The van der Waals surface area contributed by atoms with Crippen molar-refractivity contribution in [2.24, 2.45) is 0 Å². The molecule has 0 bridgehead atoms. The number of benzene rings is 2. The number of nitrogens with one attached hydrogen (secondary N) is 1. The number of nitrogens with two attached hydrogens (primary N) is 2. The third kappa shape index (κ3) is 2.91. The van der Waals surface area contributed by atoms with E-state index in [0.717, 1.165) is 10.6 Å². The third-order valence-corrected chi connectivity index (χ3v) is 3.97. The topological polar surface area (TPSA) is 94.0 Å². The van der Waals surface area contributed by atoms with Crippen LogP contribution < -0.4 is 16.8 Å². The van der Waals surface area contributed by atoms with Crippen LogP contribution in [0.25, 0.3) is 10.6 Å². The maximum atomic E-state index is 12.2. The van der Waals surface area contributed by atoms with Gasteiger partial charge < -0.3 is 16.8 Å². The number of thiazole rings is 1. The molecule has 3 aromatic rings. The van der Waals surface area contributed by atoms with E-state index in [1.807, 2.05) is 11.4 Å². The number of rotatable bonds is 3. The molecule has 1 heterocycles. The molecule has 22 heavy (non-hydrogen) atoms. The van der Waals surface area contributed by atoms with Gasteiger partial charge in [0.1, 0.15) is 5.01 Å². The minimum Gasteiger partial charge on any atom is -0.399 e. The normalized spacial score (nSPS) is 10.4. The predicted octanol–water partition coefficient (Wildman–Crippen LogP) is 3.23. The number of hydrogen-bond donors (Lipinski definition) is 3. The number of carbonyl (C=O) groups is 1. The molecular weight excluding hydrogens is 296 g/mol. The molecule has 0 unspecified atom stereocenters. The zero-order valence-corrected chi connectivity index (χ0v) is 12.4. The van der Waals surface area contributed by atoms with Crippen molar-refractivity contribution < 1.29 is 4.79 Å². The van der Waals surface area contributed by atoms with E-state index in [9.17, 15) is 4.79 Å². The second kappa shape index (κ2) is 5.87. The summed E-state index contributed by atoms with van der Waals surface area (Å²) in [6.45, 7) is 0. The molecular formula is C16H14N4OS.